The largest absolute Gasteiger partial charge is 0.456 e. The lowest BCUT2D eigenvalue weighted by molar-refractivity contribution is -0.0231. The van der Waals surface area contributed by atoms with Crippen LogP contribution in [0.4, 0.5) is 0 Å². The number of nitrogens with zero attached hydrogens (tertiary/aromatic N) is 2. The van der Waals surface area contributed by atoms with Crippen molar-refractivity contribution in [2.45, 2.75) is 31.8 Å². The molecule has 0 saturated heterocycles. The van der Waals surface area contributed by atoms with Crippen molar-refractivity contribution in [1.29, 1.82) is 0 Å². The molecule has 0 bridgehead atoms. The molecule has 0 spiro atoms. The number of ether oxygens (including phenoxy) is 3. The minimum atomic E-state index is -1.15. The smallest absolute Gasteiger partial charge is 0.138 e. The van der Waals surface area contributed by atoms with Gasteiger partial charge in [-0.1, -0.05) is 43.9 Å². The fourth-order valence-corrected chi connectivity index (χ4v) is 4.47. The number of hydrogen-bond donors (Lipinski definition) is 1. The van der Waals surface area contributed by atoms with Gasteiger partial charge in [-0.15, -0.1) is 0 Å². The summed E-state index contributed by atoms with van der Waals surface area (Å²) in [6, 6.07) is 17.2. The van der Waals surface area contributed by atoms with Crippen LogP contribution in [-0.4, -0.2) is 63.4 Å². The molecule has 2 heterocycles. The van der Waals surface area contributed by atoms with Crippen LogP contribution in [-0.2, 0) is 9.47 Å². The van der Waals surface area contributed by atoms with Gasteiger partial charge in [0, 0.05) is 32.4 Å². The molecule has 7 heteroatoms. The average Bonchev–Trinajstić information content (AvgIpc) is 3.15. The van der Waals surface area contributed by atoms with E-state index in [1.807, 2.05) is 50.5 Å². The van der Waals surface area contributed by atoms with Crippen molar-refractivity contribution >= 4 is 8.07 Å². The second-order valence-electron chi connectivity index (χ2n) is 9.99. The fourth-order valence-electron chi connectivity index (χ4n) is 3.72. The number of rotatable bonds is 10. The first-order valence-corrected chi connectivity index (χ1v) is 15.3. The monoisotopic (exact) mass is 465 g/mol. The van der Waals surface area contributed by atoms with Gasteiger partial charge in [0.25, 0.3) is 0 Å². The van der Waals surface area contributed by atoms with Gasteiger partial charge in [0.15, 0.2) is 0 Å². The quantitative estimate of drug-likeness (QED) is 0.236. The Bertz CT molecular complexity index is 1010. The van der Waals surface area contributed by atoms with E-state index in [1.165, 1.54) is 0 Å². The van der Waals surface area contributed by atoms with Gasteiger partial charge in [-0.2, -0.15) is 0 Å². The van der Waals surface area contributed by atoms with Crippen LogP contribution in [0.15, 0.2) is 48.5 Å². The number of nitrogens with one attached hydrogen (secondary N) is 1. The lowest BCUT2D eigenvalue weighted by atomic mass is 10.1. The summed E-state index contributed by atoms with van der Waals surface area (Å²) in [6.45, 7) is 9.77. The fraction of sp³-hybridized carbons (Fsp3) is 0.423. The van der Waals surface area contributed by atoms with Crippen LogP contribution in [0.2, 0.25) is 25.7 Å². The van der Waals surface area contributed by atoms with Crippen LogP contribution in [0.1, 0.15) is 11.9 Å². The summed E-state index contributed by atoms with van der Waals surface area (Å²) in [5, 5.41) is 0. The minimum absolute atomic E-state index is 0.265. The Morgan fingerprint density at radius 1 is 0.970 bits per heavy atom. The molecule has 6 nitrogen and oxygen atoms in total. The van der Waals surface area contributed by atoms with Crippen LogP contribution in [0.3, 0.4) is 0 Å². The molecule has 176 valence electrons. The van der Waals surface area contributed by atoms with Crippen molar-refractivity contribution in [1.82, 2.24) is 14.9 Å². The van der Waals surface area contributed by atoms with Gasteiger partial charge in [0.2, 0.25) is 0 Å². The highest BCUT2D eigenvalue weighted by molar-refractivity contribution is 6.76. The standard InChI is InChI=1S/C26H35N3O3Si/c1-29(2)14-15-31-23(18-30-16-17-33(3,4)5)26-27-24-19-10-6-8-12-21(19)32-22-13-9-7-11-20(22)25(24)28-26/h6-13,23H,14-18H2,1-5H3,(H,27,28). The Morgan fingerprint density at radius 3 is 2.33 bits per heavy atom. The van der Waals surface area contributed by atoms with Gasteiger partial charge in [-0.25, -0.2) is 4.98 Å². The number of aromatic amines is 1. The first-order valence-electron chi connectivity index (χ1n) is 11.6. The van der Waals surface area contributed by atoms with E-state index < -0.39 is 8.07 Å². The number of H-pyrrole nitrogens is 1. The molecular formula is C26H35N3O3Si. The summed E-state index contributed by atoms with van der Waals surface area (Å²) in [5.74, 6) is 2.41. The Balaban J connectivity index is 1.65. The highest BCUT2D eigenvalue weighted by atomic mass is 28.3. The van der Waals surface area contributed by atoms with E-state index in [0.29, 0.717) is 13.2 Å². The van der Waals surface area contributed by atoms with E-state index in [9.17, 15) is 0 Å². The van der Waals surface area contributed by atoms with E-state index in [1.54, 1.807) is 0 Å². The van der Waals surface area contributed by atoms with E-state index in [4.69, 9.17) is 19.2 Å². The molecule has 0 fully saturated rings. The Hall–Kier alpha value is -2.45. The van der Waals surface area contributed by atoms with Crippen LogP contribution in [0, 0.1) is 0 Å². The SMILES string of the molecule is CN(C)CCOC(COCC[Si](C)(C)C)c1nc2c([nH]1)-c1ccccc1Oc1ccccc1-2. The molecule has 4 rings (SSSR count). The van der Waals surface area contributed by atoms with Crippen molar-refractivity contribution in [2.24, 2.45) is 0 Å². The predicted octanol–water partition coefficient (Wildman–Crippen LogP) is 5.82. The third kappa shape index (κ3) is 5.92. The molecule has 3 aromatic rings. The molecule has 1 aromatic heterocycles. The van der Waals surface area contributed by atoms with Crippen LogP contribution >= 0.6 is 0 Å². The summed E-state index contributed by atoms with van der Waals surface area (Å²) in [5.41, 5.74) is 3.80. The third-order valence-electron chi connectivity index (χ3n) is 5.67. The summed E-state index contributed by atoms with van der Waals surface area (Å²) in [6.07, 6.45) is -0.265. The topological polar surface area (TPSA) is 59.6 Å². The van der Waals surface area contributed by atoms with Gasteiger partial charge in [-0.05, 0) is 44.4 Å². The van der Waals surface area contributed by atoms with Crippen LogP contribution in [0.25, 0.3) is 22.5 Å². The van der Waals surface area contributed by atoms with Crippen molar-refractivity contribution in [3.8, 4) is 34.0 Å². The summed E-state index contributed by atoms with van der Waals surface area (Å²) in [7, 11) is 2.94. The van der Waals surface area contributed by atoms with E-state index in [2.05, 4.69) is 41.7 Å². The molecule has 0 aliphatic carbocycles. The molecule has 0 saturated carbocycles. The number of fused-ring (bicyclic) bond motifs is 5. The number of likely N-dealkylation sites (N-methyl/N-ethyl adjacent to an activating group) is 1. The Morgan fingerprint density at radius 2 is 1.64 bits per heavy atom. The molecule has 33 heavy (non-hydrogen) atoms. The first kappa shape index (κ1) is 23.7. The molecular weight excluding hydrogens is 430 g/mol. The molecule has 2 aromatic carbocycles. The maximum Gasteiger partial charge on any atom is 0.138 e. The van der Waals surface area contributed by atoms with Crippen molar-refractivity contribution < 1.29 is 14.2 Å². The maximum absolute atomic E-state index is 6.28. The molecule has 1 unspecified atom stereocenters. The van der Waals surface area contributed by atoms with Gasteiger partial charge in [-0.3, -0.25) is 0 Å². The zero-order valence-electron chi connectivity index (χ0n) is 20.4. The third-order valence-corrected chi connectivity index (χ3v) is 7.37. The molecule has 0 radical (unpaired) electrons. The number of aromatic nitrogens is 2. The lowest BCUT2D eigenvalue weighted by Gasteiger charge is -2.20. The molecule has 1 aliphatic heterocycles. The summed E-state index contributed by atoms with van der Waals surface area (Å²) >= 11 is 0. The van der Waals surface area contributed by atoms with Crippen molar-refractivity contribution in [3.05, 3.63) is 54.4 Å². The number of hydrogen-bond acceptors (Lipinski definition) is 5. The lowest BCUT2D eigenvalue weighted by Crippen LogP contribution is -2.24. The second-order valence-corrected chi connectivity index (χ2v) is 15.6. The zero-order valence-corrected chi connectivity index (χ0v) is 21.4. The molecule has 1 aliphatic rings. The summed E-state index contributed by atoms with van der Waals surface area (Å²) < 4.78 is 18.6. The highest BCUT2D eigenvalue weighted by Gasteiger charge is 2.27. The first-order chi connectivity index (χ1) is 15.8. The van der Waals surface area contributed by atoms with E-state index in [0.717, 1.165) is 59.0 Å². The van der Waals surface area contributed by atoms with Crippen LogP contribution in [0.5, 0.6) is 11.5 Å². The van der Waals surface area contributed by atoms with Crippen LogP contribution < -0.4 is 4.74 Å². The second kappa shape index (κ2) is 10.2. The maximum atomic E-state index is 6.28. The van der Waals surface area contributed by atoms with Crippen molar-refractivity contribution in [3.63, 3.8) is 0 Å². The van der Waals surface area contributed by atoms with Gasteiger partial charge >= 0.3 is 0 Å². The Labute approximate surface area is 197 Å². The van der Waals surface area contributed by atoms with Gasteiger partial charge in [0.1, 0.15) is 29.1 Å². The highest BCUT2D eigenvalue weighted by Crippen LogP contribution is 2.45. The normalized spacial score (nSPS) is 13.6. The van der Waals surface area contributed by atoms with Gasteiger partial charge < -0.3 is 24.1 Å². The van der Waals surface area contributed by atoms with Gasteiger partial charge in [0.05, 0.1) is 18.9 Å². The summed E-state index contributed by atoms with van der Waals surface area (Å²) in [4.78, 5) is 10.7. The molecule has 0 amide bonds. The molecule has 1 N–H and O–H groups in total. The average molecular weight is 466 g/mol. The predicted molar refractivity (Wildman–Crippen MR) is 136 cm³/mol. The minimum Gasteiger partial charge on any atom is -0.456 e. The molecule has 1 atom stereocenters. The zero-order chi connectivity index (χ0) is 23.4. The Kier molecular flexibility index (Phi) is 7.34. The number of para-hydroxylation sites is 2. The number of imidazole rings is 1. The number of benzene rings is 2. The van der Waals surface area contributed by atoms with E-state index >= 15 is 0 Å². The van der Waals surface area contributed by atoms with Crippen molar-refractivity contribution in [2.75, 3.05) is 40.5 Å². The van der Waals surface area contributed by atoms with E-state index in [-0.39, 0.29) is 6.10 Å².